The van der Waals surface area contributed by atoms with Crippen LogP contribution in [0.1, 0.15) is 30.0 Å². The summed E-state index contributed by atoms with van der Waals surface area (Å²) in [6, 6.07) is 18.5. The van der Waals surface area contributed by atoms with Crippen LogP contribution in [0.25, 0.3) is 0 Å². The molecule has 0 aliphatic carbocycles. The SMILES string of the molecule is O=C(CC1SC(N2N=C(c3ccc(F)cc3)CC2c2cccc(Cl)c2)=NC1=O)Nc1ccc(F)cc1. The summed E-state index contributed by atoms with van der Waals surface area (Å²) in [6.07, 6.45) is 0.396. The van der Waals surface area contributed by atoms with Crippen molar-refractivity contribution < 1.29 is 18.4 Å². The van der Waals surface area contributed by atoms with Gasteiger partial charge < -0.3 is 5.32 Å². The fourth-order valence-electron chi connectivity index (χ4n) is 4.00. The summed E-state index contributed by atoms with van der Waals surface area (Å²) >= 11 is 7.39. The first kappa shape index (κ1) is 24.1. The number of amides is 2. The van der Waals surface area contributed by atoms with Crippen molar-refractivity contribution in [3.8, 4) is 0 Å². The molecule has 2 atom stereocenters. The van der Waals surface area contributed by atoms with E-state index in [-0.39, 0.29) is 24.2 Å². The first-order chi connectivity index (χ1) is 17.4. The molecule has 2 aliphatic rings. The lowest BCUT2D eigenvalue weighted by atomic mass is 9.98. The number of hydrogen-bond donors (Lipinski definition) is 1. The van der Waals surface area contributed by atoms with Gasteiger partial charge in [0.05, 0.1) is 11.8 Å². The van der Waals surface area contributed by atoms with Crippen LogP contribution in [0.3, 0.4) is 0 Å². The van der Waals surface area contributed by atoms with E-state index < -0.39 is 17.0 Å². The Balaban J connectivity index is 1.35. The number of anilines is 1. The fraction of sp³-hybridized carbons (Fsp3) is 0.154. The number of hydrogen-bond acceptors (Lipinski definition) is 5. The Bertz CT molecular complexity index is 1380. The number of hydrazone groups is 1. The summed E-state index contributed by atoms with van der Waals surface area (Å²) in [4.78, 5) is 29.4. The second-order valence-electron chi connectivity index (χ2n) is 8.27. The van der Waals surface area contributed by atoms with Crippen LogP contribution in [0.5, 0.6) is 0 Å². The molecule has 0 spiro atoms. The van der Waals surface area contributed by atoms with Gasteiger partial charge in [0.15, 0.2) is 5.17 Å². The predicted octanol–water partition coefficient (Wildman–Crippen LogP) is 5.80. The Morgan fingerprint density at radius 1 is 1.06 bits per heavy atom. The molecule has 6 nitrogen and oxygen atoms in total. The zero-order valence-corrected chi connectivity index (χ0v) is 20.3. The third-order valence-corrected chi connectivity index (χ3v) is 7.12. The molecule has 182 valence electrons. The van der Waals surface area contributed by atoms with Crippen LogP contribution in [0.4, 0.5) is 14.5 Å². The van der Waals surface area contributed by atoms with Crippen molar-refractivity contribution >= 4 is 51.7 Å². The highest BCUT2D eigenvalue weighted by atomic mass is 35.5. The molecule has 2 amide bonds. The Morgan fingerprint density at radius 3 is 2.44 bits per heavy atom. The van der Waals surface area contributed by atoms with Gasteiger partial charge in [0.25, 0.3) is 5.91 Å². The van der Waals surface area contributed by atoms with Gasteiger partial charge >= 0.3 is 0 Å². The molecule has 0 fully saturated rings. The van der Waals surface area contributed by atoms with Gasteiger partial charge in [-0.1, -0.05) is 47.6 Å². The number of nitrogens with one attached hydrogen (secondary N) is 1. The molecular weight excluding hydrogens is 506 g/mol. The van der Waals surface area contributed by atoms with Crippen LogP contribution in [0.2, 0.25) is 5.02 Å². The van der Waals surface area contributed by atoms with Crippen LogP contribution in [0.15, 0.2) is 82.9 Å². The lowest BCUT2D eigenvalue weighted by molar-refractivity contribution is -0.121. The largest absolute Gasteiger partial charge is 0.326 e. The lowest BCUT2D eigenvalue weighted by Crippen LogP contribution is -2.25. The second-order valence-corrected chi connectivity index (χ2v) is 9.88. The quantitative estimate of drug-likeness (QED) is 0.458. The number of halogens is 3. The number of benzene rings is 3. The number of nitrogens with zero attached hydrogens (tertiary/aromatic N) is 3. The second kappa shape index (κ2) is 10.2. The van der Waals surface area contributed by atoms with E-state index >= 15 is 0 Å². The Kier molecular flexibility index (Phi) is 6.84. The summed E-state index contributed by atoms with van der Waals surface area (Å²) in [5.41, 5.74) is 2.80. The van der Waals surface area contributed by atoms with Crippen molar-refractivity contribution in [1.82, 2.24) is 5.01 Å². The Hall–Kier alpha value is -3.56. The van der Waals surface area contributed by atoms with Crippen LogP contribution in [0, 0.1) is 11.6 Å². The lowest BCUT2D eigenvalue weighted by Gasteiger charge is -2.23. The summed E-state index contributed by atoms with van der Waals surface area (Å²) in [5.74, 6) is -1.57. The third-order valence-electron chi connectivity index (χ3n) is 5.74. The smallest absolute Gasteiger partial charge is 0.262 e. The molecule has 36 heavy (non-hydrogen) atoms. The highest BCUT2D eigenvalue weighted by Crippen LogP contribution is 2.39. The van der Waals surface area contributed by atoms with Crippen molar-refractivity contribution in [3.63, 3.8) is 0 Å². The van der Waals surface area contributed by atoms with Crippen molar-refractivity contribution in [2.24, 2.45) is 10.1 Å². The number of aliphatic imine (C=N–C) groups is 1. The van der Waals surface area contributed by atoms with Crippen molar-refractivity contribution in [2.45, 2.75) is 24.1 Å². The van der Waals surface area contributed by atoms with E-state index in [1.54, 1.807) is 23.2 Å². The van der Waals surface area contributed by atoms with E-state index in [0.29, 0.717) is 28.0 Å². The molecule has 0 saturated heterocycles. The normalized spacial score (nSPS) is 19.3. The zero-order chi connectivity index (χ0) is 25.2. The average Bonchev–Trinajstić information content (AvgIpc) is 3.45. The summed E-state index contributed by atoms with van der Waals surface area (Å²) in [5, 5.41) is 9.29. The molecule has 3 aromatic rings. The van der Waals surface area contributed by atoms with Crippen LogP contribution in [-0.4, -0.2) is 33.0 Å². The maximum atomic E-state index is 13.5. The highest BCUT2D eigenvalue weighted by Gasteiger charge is 2.39. The van der Waals surface area contributed by atoms with E-state index in [4.69, 9.17) is 16.7 Å². The van der Waals surface area contributed by atoms with Gasteiger partial charge in [-0.15, -0.1) is 0 Å². The maximum absolute atomic E-state index is 13.5. The van der Waals surface area contributed by atoms with Crippen LogP contribution >= 0.6 is 23.4 Å². The standard InChI is InChI=1S/C26H19ClF2N4O2S/c27-17-3-1-2-16(12-17)22-13-21(15-4-6-18(28)7-5-15)32-33(22)26-31-25(35)23(36-26)14-24(34)30-20-10-8-19(29)9-11-20/h1-12,22-23H,13-14H2,(H,30,34). The molecular formula is C26H19ClF2N4O2S. The number of thioether (sulfide) groups is 1. The summed E-state index contributed by atoms with van der Waals surface area (Å²) < 4.78 is 26.6. The number of rotatable bonds is 5. The minimum Gasteiger partial charge on any atom is -0.326 e. The van der Waals surface area contributed by atoms with Crippen molar-refractivity contribution in [1.29, 1.82) is 0 Å². The van der Waals surface area contributed by atoms with Crippen LogP contribution < -0.4 is 5.32 Å². The number of amidine groups is 1. The minimum atomic E-state index is -0.717. The van der Waals surface area contributed by atoms with E-state index in [9.17, 15) is 18.4 Å². The first-order valence-corrected chi connectivity index (χ1v) is 12.3. The Labute approximate surface area is 215 Å². The number of carbonyl (C=O) groups excluding carboxylic acids is 2. The molecule has 0 aromatic heterocycles. The molecule has 0 saturated carbocycles. The monoisotopic (exact) mass is 524 g/mol. The van der Waals surface area contributed by atoms with Gasteiger partial charge in [0.1, 0.15) is 16.9 Å². The Morgan fingerprint density at radius 2 is 1.75 bits per heavy atom. The third kappa shape index (κ3) is 5.32. The molecule has 5 rings (SSSR count). The van der Waals surface area contributed by atoms with Gasteiger partial charge in [-0.3, -0.25) is 9.59 Å². The fourth-order valence-corrected chi connectivity index (χ4v) is 5.26. The van der Waals surface area contributed by atoms with E-state index in [1.807, 2.05) is 18.2 Å². The van der Waals surface area contributed by atoms with E-state index in [1.165, 1.54) is 48.2 Å². The van der Waals surface area contributed by atoms with Gasteiger partial charge in [0.2, 0.25) is 5.91 Å². The highest BCUT2D eigenvalue weighted by molar-refractivity contribution is 8.15. The van der Waals surface area contributed by atoms with Crippen LogP contribution in [-0.2, 0) is 9.59 Å². The summed E-state index contributed by atoms with van der Waals surface area (Å²) in [7, 11) is 0. The molecule has 1 N–H and O–H groups in total. The van der Waals surface area contributed by atoms with Gasteiger partial charge in [-0.2, -0.15) is 10.1 Å². The molecule has 2 heterocycles. The van der Waals surface area contributed by atoms with Gasteiger partial charge in [-0.05, 0) is 59.7 Å². The van der Waals surface area contributed by atoms with Crippen molar-refractivity contribution in [3.05, 3.63) is 101 Å². The average molecular weight is 525 g/mol. The van der Waals surface area contributed by atoms with Crippen molar-refractivity contribution in [2.75, 3.05) is 5.32 Å². The maximum Gasteiger partial charge on any atom is 0.262 e. The zero-order valence-electron chi connectivity index (χ0n) is 18.7. The molecule has 0 radical (unpaired) electrons. The number of carbonyl (C=O) groups is 2. The minimum absolute atomic E-state index is 0.0991. The molecule has 3 aromatic carbocycles. The molecule has 10 heteroatoms. The first-order valence-electron chi connectivity index (χ1n) is 11.1. The molecule has 2 unspecified atom stereocenters. The van der Waals surface area contributed by atoms with Gasteiger partial charge in [0, 0.05) is 23.6 Å². The molecule has 2 aliphatic heterocycles. The van der Waals surface area contributed by atoms with E-state index in [0.717, 1.165) is 11.1 Å². The van der Waals surface area contributed by atoms with E-state index in [2.05, 4.69) is 10.3 Å². The summed E-state index contributed by atoms with van der Waals surface area (Å²) in [6.45, 7) is 0. The molecule has 0 bridgehead atoms. The predicted molar refractivity (Wildman–Crippen MR) is 137 cm³/mol. The van der Waals surface area contributed by atoms with Gasteiger partial charge in [-0.25, -0.2) is 13.8 Å². The topological polar surface area (TPSA) is 74.1 Å².